The number of hydrogen-bond acceptors (Lipinski definition) is 2. The summed E-state index contributed by atoms with van der Waals surface area (Å²) in [6, 6.07) is 15.9. The largest absolute Gasteiger partial charge is 0.480 e. The predicted molar refractivity (Wildman–Crippen MR) is 95.4 cm³/mol. The Hall–Kier alpha value is -2.82. The van der Waals surface area contributed by atoms with Gasteiger partial charge in [-0.05, 0) is 36.0 Å². The second-order valence-corrected chi connectivity index (χ2v) is 6.34. The van der Waals surface area contributed by atoms with Gasteiger partial charge in [-0.1, -0.05) is 54.6 Å². The van der Waals surface area contributed by atoms with Gasteiger partial charge in [0.25, 0.3) is 0 Å². The van der Waals surface area contributed by atoms with Gasteiger partial charge < -0.3 is 15.7 Å². The van der Waals surface area contributed by atoms with Gasteiger partial charge in [-0.3, -0.25) is 0 Å². The number of urea groups is 1. The Balaban J connectivity index is 1.64. The molecule has 25 heavy (non-hydrogen) atoms. The molecular formula is C20H22N2O3. The molecule has 0 bridgehead atoms. The van der Waals surface area contributed by atoms with Gasteiger partial charge in [0.05, 0.1) is 6.04 Å². The molecule has 5 nitrogen and oxygen atoms in total. The first kappa shape index (κ1) is 17.0. The van der Waals surface area contributed by atoms with Gasteiger partial charge in [0, 0.05) is 6.42 Å². The van der Waals surface area contributed by atoms with Crippen LogP contribution in [0.4, 0.5) is 4.79 Å². The van der Waals surface area contributed by atoms with Gasteiger partial charge in [-0.15, -0.1) is 0 Å². The molecule has 0 aromatic heterocycles. The lowest BCUT2D eigenvalue weighted by molar-refractivity contribution is -0.139. The number of aryl methyl sites for hydroxylation is 1. The van der Waals surface area contributed by atoms with Crippen LogP contribution in [0.15, 0.2) is 54.6 Å². The molecule has 130 valence electrons. The summed E-state index contributed by atoms with van der Waals surface area (Å²) in [6.07, 6.45) is 3.14. The van der Waals surface area contributed by atoms with E-state index in [2.05, 4.69) is 16.7 Å². The number of nitrogens with one attached hydrogen (secondary N) is 2. The molecule has 0 aliphatic heterocycles. The summed E-state index contributed by atoms with van der Waals surface area (Å²) in [5.41, 5.74) is 3.25. The van der Waals surface area contributed by atoms with Gasteiger partial charge in [0.15, 0.2) is 0 Å². The Kier molecular flexibility index (Phi) is 5.33. The molecule has 1 aliphatic rings. The monoisotopic (exact) mass is 338 g/mol. The van der Waals surface area contributed by atoms with Crippen molar-refractivity contribution in [3.8, 4) is 0 Å². The van der Waals surface area contributed by atoms with E-state index in [1.54, 1.807) is 0 Å². The van der Waals surface area contributed by atoms with Crippen molar-refractivity contribution in [3.63, 3.8) is 0 Å². The average molecular weight is 338 g/mol. The molecule has 3 N–H and O–H groups in total. The summed E-state index contributed by atoms with van der Waals surface area (Å²) >= 11 is 0. The third kappa shape index (κ3) is 4.38. The molecule has 0 saturated heterocycles. The Bertz CT molecular complexity index is 746. The number of carbonyl (C=O) groups is 2. The highest BCUT2D eigenvalue weighted by atomic mass is 16.4. The van der Waals surface area contributed by atoms with Gasteiger partial charge in [-0.2, -0.15) is 0 Å². The molecule has 0 fully saturated rings. The molecule has 2 atom stereocenters. The molecule has 1 aliphatic carbocycles. The van der Waals surface area contributed by atoms with Gasteiger partial charge in [0.1, 0.15) is 6.04 Å². The van der Waals surface area contributed by atoms with Crippen LogP contribution in [-0.4, -0.2) is 23.1 Å². The second kappa shape index (κ2) is 7.83. The van der Waals surface area contributed by atoms with Crippen molar-refractivity contribution in [3.05, 3.63) is 71.3 Å². The van der Waals surface area contributed by atoms with Crippen molar-refractivity contribution < 1.29 is 14.7 Å². The fraction of sp³-hybridized carbons (Fsp3) is 0.300. The number of carbonyl (C=O) groups excluding carboxylic acids is 1. The van der Waals surface area contributed by atoms with Crippen LogP contribution in [-0.2, 0) is 17.6 Å². The minimum Gasteiger partial charge on any atom is -0.480 e. The van der Waals surface area contributed by atoms with E-state index in [4.69, 9.17) is 0 Å². The molecule has 2 aromatic rings. The third-order valence-corrected chi connectivity index (χ3v) is 4.56. The third-order valence-electron chi connectivity index (χ3n) is 4.56. The van der Waals surface area contributed by atoms with Gasteiger partial charge >= 0.3 is 12.0 Å². The van der Waals surface area contributed by atoms with E-state index in [-0.39, 0.29) is 12.5 Å². The van der Waals surface area contributed by atoms with Crippen molar-refractivity contribution in [1.29, 1.82) is 0 Å². The fourth-order valence-corrected chi connectivity index (χ4v) is 3.31. The number of fused-ring (bicyclic) bond motifs is 1. The Morgan fingerprint density at radius 3 is 2.56 bits per heavy atom. The number of amides is 2. The summed E-state index contributed by atoms with van der Waals surface area (Å²) in [4.78, 5) is 23.8. The Morgan fingerprint density at radius 1 is 1.08 bits per heavy atom. The van der Waals surface area contributed by atoms with Crippen molar-refractivity contribution >= 4 is 12.0 Å². The van der Waals surface area contributed by atoms with Crippen LogP contribution in [0.25, 0.3) is 0 Å². The molecule has 0 saturated carbocycles. The van der Waals surface area contributed by atoms with E-state index in [0.717, 1.165) is 30.4 Å². The van der Waals surface area contributed by atoms with Crippen LogP contribution in [0.5, 0.6) is 0 Å². The zero-order valence-electron chi connectivity index (χ0n) is 13.9. The molecule has 0 heterocycles. The van der Waals surface area contributed by atoms with Crippen LogP contribution < -0.4 is 10.6 Å². The maximum Gasteiger partial charge on any atom is 0.326 e. The molecule has 0 spiro atoms. The normalized spacial score (nSPS) is 17.2. The van der Waals surface area contributed by atoms with E-state index in [9.17, 15) is 14.7 Å². The van der Waals surface area contributed by atoms with Gasteiger partial charge in [0.2, 0.25) is 0 Å². The molecule has 1 unspecified atom stereocenters. The number of benzene rings is 2. The summed E-state index contributed by atoms with van der Waals surface area (Å²) in [5.74, 6) is -1.04. The quantitative estimate of drug-likeness (QED) is 0.784. The lowest BCUT2D eigenvalue weighted by atomic mass is 9.88. The van der Waals surface area contributed by atoms with Crippen molar-refractivity contribution in [1.82, 2.24) is 10.6 Å². The molecule has 2 amide bonds. The summed E-state index contributed by atoms with van der Waals surface area (Å²) in [5, 5.41) is 14.9. The summed E-state index contributed by atoms with van der Waals surface area (Å²) in [6.45, 7) is 0. The maximum absolute atomic E-state index is 12.3. The van der Waals surface area contributed by atoms with E-state index in [0.29, 0.717) is 0 Å². The van der Waals surface area contributed by atoms with Crippen LogP contribution in [0.2, 0.25) is 0 Å². The minimum absolute atomic E-state index is 0.0730. The number of aliphatic carboxylic acids is 1. The Morgan fingerprint density at radius 2 is 1.80 bits per heavy atom. The summed E-state index contributed by atoms with van der Waals surface area (Å²) < 4.78 is 0. The average Bonchev–Trinajstić information content (AvgIpc) is 2.62. The highest BCUT2D eigenvalue weighted by molar-refractivity contribution is 5.83. The highest BCUT2D eigenvalue weighted by Gasteiger charge is 2.24. The van der Waals surface area contributed by atoms with E-state index < -0.39 is 18.0 Å². The van der Waals surface area contributed by atoms with E-state index in [1.165, 1.54) is 5.56 Å². The molecule has 2 aromatic carbocycles. The SMILES string of the molecule is O=C(NC1CCCc2ccccc21)N[C@@H](Cc1ccccc1)C(=O)O. The van der Waals surface area contributed by atoms with Crippen molar-refractivity contribution in [2.75, 3.05) is 0 Å². The molecule has 3 rings (SSSR count). The first-order valence-corrected chi connectivity index (χ1v) is 8.55. The maximum atomic E-state index is 12.3. The van der Waals surface area contributed by atoms with Crippen LogP contribution >= 0.6 is 0 Å². The zero-order chi connectivity index (χ0) is 17.6. The lowest BCUT2D eigenvalue weighted by Gasteiger charge is -2.27. The van der Waals surface area contributed by atoms with E-state index >= 15 is 0 Å². The zero-order valence-corrected chi connectivity index (χ0v) is 13.9. The minimum atomic E-state index is -1.04. The molecule has 0 radical (unpaired) electrons. The van der Waals surface area contributed by atoms with Crippen LogP contribution in [0.3, 0.4) is 0 Å². The number of carboxylic acids is 1. The summed E-state index contributed by atoms with van der Waals surface area (Å²) in [7, 11) is 0. The van der Waals surface area contributed by atoms with Crippen molar-refractivity contribution in [2.24, 2.45) is 0 Å². The number of hydrogen-bond donors (Lipinski definition) is 3. The van der Waals surface area contributed by atoms with Gasteiger partial charge in [-0.25, -0.2) is 9.59 Å². The first-order chi connectivity index (χ1) is 12.1. The Labute approximate surface area is 147 Å². The topological polar surface area (TPSA) is 78.4 Å². The standard InChI is InChI=1S/C20H22N2O3/c23-19(24)18(13-14-7-2-1-3-8-14)22-20(25)21-17-12-6-10-15-9-4-5-11-16(15)17/h1-5,7-9,11,17-18H,6,10,12-13H2,(H,23,24)(H2,21,22,25)/t17?,18-/m0/s1. The predicted octanol–water partition coefficient (Wildman–Crippen LogP) is 3.06. The van der Waals surface area contributed by atoms with E-state index in [1.807, 2.05) is 48.5 Å². The highest BCUT2D eigenvalue weighted by Crippen LogP contribution is 2.29. The molecular weight excluding hydrogens is 316 g/mol. The fourth-order valence-electron chi connectivity index (χ4n) is 3.31. The second-order valence-electron chi connectivity index (χ2n) is 6.34. The number of rotatable bonds is 5. The smallest absolute Gasteiger partial charge is 0.326 e. The molecule has 5 heteroatoms. The lowest BCUT2D eigenvalue weighted by Crippen LogP contribution is -2.48. The first-order valence-electron chi connectivity index (χ1n) is 8.55. The van der Waals surface area contributed by atoms with Crippen molar-refractivity contribution in [2.45, 2.75) is 37.8 Å². The van der Waals surface area contributed by atoms with Crippen LogP contribution in [0.1, 0.15) is 35.6 Å². The van der Waals surface area contributed by atoms with Crippen LogP contribution in [0, 0.1) is 0 Å². The number of carboxylic acid groups (broad SMARTS) is 1.